The molecule has 17 heavy (non-hydrogen) atoms. The van der Waals surface area contributed by atoms with E-state index in [2.05, 4.69) is 5.32 Å². The lowest BCUT2D eigenvalue weighted by molar-refractivity contribution is 0.250. The van der Waals surface area contributed by atoms with E-state index in [1.54, 1.807) is 11.9 Å². The predicted octanol–water partition coefficient (Wildman–Crippen LogP) is 3.16. The van der Waals surface area contributed by atoms with Gasteiger partial charge in [-0.2, -0.15) is 0 Å². The maximum Gasteiger partial charge on any atom is 0.326 e. The number of nitrogens with one attached hydrogen (secondary N) is 1. The van der Waals surface area contributed by atoms with Crippen LogP contribution < -0.4 is 10.2 Å². The molecule has 0 aliphatic rings. The fraction of sp³-hybridized carbons (Fsp3) is 0.0714. The van der Waals surface area contributed by atoms with E-state index >= 15 is 0 Å². The van der Waals surface area contributed by atoms with Crippen LogP contribution in [0.15, 0.2) is 60.7 Å². The normalized spacial score (nSPS) is 9.71. The highest BCUT2D eigenvalue weighted by atomic mass is 16.2. The molecule has 0 saturated heterocycles. The number of hydrogen-bond acceptors (Lipinski definition) is 1. The Labute approximate surface area is 101 Å². The molecule has 3 nitrogen and oxygen atoms in total. The first-order valence-corrected chi connectivity index (χ1v) is 5.45. The Hall–Kier alpha value is -2.29. The number of amides is 2. The van der Waals surface area contributed by atoms with Gasteiger partial charge in [0.05, 0.1) is 11.4 Å². The van der Waals surface area contributed by atoms with Crippen LogP contribution >= 0.6 is 0 Å². The lowest BCUT2D eigenvalue weighted by atomic mass is 10.2. The summed E-state index contributed by atoms with van der Waals surface area (Å²) in [5, 5.41) is 2.65. The van der Waals surface area contributed by atoms with Crippen LogP contribution in [-0.2, 0) is 0 Å². The summed E-state index contributed by atoms with van der Waals surface area (Å²) in [5.74, 6) is 0. The molecule has 0 fully saturated rings. The van der Waals surface area contributed by atoms with Crippen molar-refractivity contribution in [3.05, 3.63) is 60.7 Å². The lowest BCUT2D eigenvalue weighted by Gasteiger charge is -2.22. The number of carbonyl (C=O) groups is 1. The third kappa shape index (κ3) is 2.45. The number of nitrogens with zero attached hydrogens (tertiary/aromatic N) is 1. The van der Waals surface area contributed by atoms with Gasteiger partial charge in [0.2, 0.25) is 0 Å². The standard InChI is InChI=1S/C14H14N2O/c1-15-14(17)16(12-8-4-2-5-9-12)13-10-6-3-7-11-13/h2-11H,1H3,(H,15,17)/i15+1. The van der Waals surface area contributed by atoms with Crippen LogP contribution in [0.4, 0.5) is 16.2 Å². The number of urea groups is 1. The first kappa shape index (κ1) is 11.2. The van der Waals surface area contributed by atoms with Crippen molar-refractivity contribution >= 4 is 17.4 Å². The minimum absolute atomic E-state index is 0.151. The summed E-state index contributed by atoms with van der Waals surface area (Å²) >= 11 is 0. The predicted molar refractivity (Wildman–Crippen MR) is 69.5 cm³/mol. The summed E-state index contributed by atoms with van der Waals surface area (Å²) in [6, 6.07) is 19.0. The van der Waals surface area contributed by atoms with Gasteiger partial charge in [-0.15, -0.1) is 0 Å². The molecule has 0 aliphatic heterocycles. The van der Waals surface area contributed by atoms with Gasteiger partial charge in [-0.25, -0.2) is 4.79 Å². The number of benzene rings is 2. The molecule has 0 aromatic heterocycles. The van der Waals surface area contributed by atoms with Crippen molar-refractivity contribution < 1.29 is 4.79 Å². The second-order valence-corrected chi connectivity index (χ2v) is 3.56. The molecule has 86 valence electrons. The SMILES string of the molecule is C[15NH]C(=O)N(c1ccccc1)c1ccccc1. The summed E-state index contributed by atoms with van der Waals surface area (Å²) in [5.41, 5.74) is 1.69. The lowest BCUT2D eigenvalue weighted by Crippen LogP contribution is -2.34. The molecule has 1 N–H and O–H groups in total. The quantitative estimate of drug-likeness (QED) is 0.785. The van der Waals surface area contributed by atoms with E-state index in [-0.39, 0.29) is 6.03 Å². The molecule has 2 rings (SSSR count). The summed E-state index contributed by atoms with van der Waals surface area (Å²) in [6.45, 7) is 0. The van der Waals surface area contributed by atoms with Gasteiger partial charge in [0.1, 0.15) is 0 Å². The van der Waals surface area contributed by atoms with Crippen LogP contribution in [0, 0.1) is 0 Å². The maximum absolute atomic E-state index is 11.9. The van der Waals surface area contributed by atoms with Gasteiger partial charge in [0, 0.05) is 7.05 Å². The Balaban J connectivity index is 2.43. The second-order valence-electron chi connectivity index (χ2n) is 3.56. The van der Waals surface area contributed by atoms with E-state index in [9.17, 15) is 4.79 Å². The molecule has 2 amide bonds. The Kier molecular flexibility index (Phi) is 3.40. The smallest absolute Gasteiger partial charge is 0.326 e. The topological polar surface area (TPSA) is 32.3 Å². The third-order valence-electron chi connectivity index (χ3n) is 2.45. The van der Waals surface area contributed by atoms with Crippen molar-refractivity contribution in [3.63, 3.8) is 0 Å². The second kappa shape index (κ2) is 5.16. The molecule has 0 saturated carbocycles. The van der Waals surface area contributed by atoms with Gasteiger partial charge in [-0.05, 0) is 24.3 Å². The number of para-hydroxylation sites is 2. The van der Waals surface area contributed by atoms with Gasteiger partial charge in [-0.1, -0.05) is 36.4 Å². The third-order valence-corrected chi connectivity index (χ3v) is 2.45. The summed E-state index contributed by atoms with van der Waals surface area (Å²) in [6.07, 6.45) is 0. The average molecular weight is 227 g/mol. The van der Waals surface area contributed by atoms with Crippen molar-refractivity contribution in [3.8, 4) is 0 Å². The highest BCUT2D eigenvalue weighted by molar-refractivity contribution is 5.99. The van der Waals surface area contributed by atoms with Crippen molar-refractivity contribution in [1.82, 2.24) is 5.32 Å². The highest BCUT2D eigenvalue weighted by Gasteiger charge is 2.15. The Bertz CT molecular complexity index is 443. The van der Waals surface area contributed by atoms with E-state index in [1.807, 2.05) is 60.7 Å². The highest BCUT2D eigenvalue weighted by Crippen LogP contribution is 2.24. The molecular formula is C14H14N2O. The zero-order chi connectivity index (χ0) is 12.1. The van der Waals surface area contributed by atoms with Crippen molar-refractivity contribution in [2.75, 3.05) is 11.9 Å². The maximum atomic E-state index is 11.9. The first-order chi connectivity index (χ1) is 8.33. The zero-order valence-corrected chi connectivity index (χ0v) is 9.63. The molecule has 0 unspecified atom stereocenters. The fourth-order valence-electron chi connectivity index (χ4n) is 1.65. The molecule has 2 aromatic rings. The summed E-state index contributed by atoms with van der Waals surface area (Å²) in [4.78, 5) is 13.6. The van der Waals surface area contributed by atoms with Gasteiger partial charge in [0.15, 0.2) is 0 Å². The van der Waals surface area contributed by atoms with E-state index in [1.165, 1.54) is 0 Å². The number of carbonyl (C=O) groups excluding carboxylic acids is 1. The van der Waals surface area contributed by atoms with Crippen LogP contribution in [-0.4, -0.2) is 13.1 Å². The minimum Gasteiger partial charge on any atom is -0.340 e. The number of rotatable bonds is 2. The number of anilines is 2. The molecule has 2 aromatic carbocycles. The van der Waals surface area contributed by atoms with Crippen LogP contribution in [0.5, 0.6) is 0 Å². The van der Waals surface area contributed by atoms with Gasteiger partial charge in [0.25, 0.3) is 0 Å². The molecule has 0 spiro atoms. The Morgan fingerprint density at radius 3 is 1.65 bits per heavy atom. The largest absolute Gasteiger partial charge is 0.340 e. The first-order valence-electron chi connectivity index (χ1n) is 5.45. The molecule has 0 radical (unpaired) electrons. The summed E-state index contributed by atoms with van der Waals surface area (Å²) in [7, 11) is 1.63. The minimum atomic E-state index is -0.151. The molecule has 0 atom stereocenters. The molecule has 0 bridgehead atoms. The van der Waals surface area contributed by atoms with E-state index in [0.29, 0.717) is 0 Å². The number of hydrogen-bond donors (Lipinski definition) is 1. The van der Waals surface area contributed by atoms with Crippen molar-refractivity contribution in [2.24, 2.45) is 0 Å². The van der Waals surface area contributed by atoms with Crippen molar-refractivity contribution in [2.45, 2.75) is 0 Å². The molecule has 3 heteroatoms. The van der Waals surface area contributed by atoms with Crippen LogP contribution in [0.1, 0.15) is 0 Å². The molecular weight excluding hydrogens is 213 g/mol. The van der Waals surface area contributed by atoms with Gasteiger partial charge in [-0.3, -0.25) is 4.90 Å². The Morgan fingerprint density at radius 2 is 1.29 bits per heavy atom. The Morgan fingerprint density at radius 1 is 0.882 bits per heavy atom. The molecule has 0 heterocycles. The van der Waals surface area contributed by atoms with Crippen LogP contribution in [0.25, 0.3) is 0 Å². The van der Waals surface area contributed by atoms with Gasteiger partial charge < -0.3 is 5.32 Å². The monoisotopic (exact) mass is 227 g/mol. The fourth-order valence-corrected chi connectivity index (χ4v) is 1.65. The summed E-state index contributed by atoms with van der Waals surface area (Å²) < 4.78 is 0. The van der Waals surface area contributed by atoms with Crippen molar-refractivity contribution in [1.29, 1.82) is 0 Å². The van der Waals surface area contributed by atoms with Crippen LogP contribution in [0.2, 0.25) is 0 Å². The van der Waals surface area contributed by atoms with Gasteiger partial charge >= 0.3 is 6.03 Å². The van der Waals surface area contributed by atoms with E-state index < -0.39 is 0 Å². The average Bonchev–Trinajstić information content (AvgIpc) is 2.41. The molecule has 0 aliphatic carbocycles. The zero-order valence-electron chi connectivity index (χ0n) is 9.63. The van der Waals surface area contributed by atoms with E-state index in [4.69, 9.17) is 0 Å². The van der Waals surface area contributed by atoms with E-state index in [0.717, 1.165) is 11.4 Å². The van der Waals surface area contributed by atoms with Crippen LogP contribution in [0.3, 0.4) is 0 Å².